The Morgan fingerprint density at radius 3 is 2.93 bits per heavy atom. The molecule has 15 heavy (non-hydrogen) atoms. The van der Waals surface area contributed by atoms with Crippen LogP contribution < -0.4 is 5.32 Å². The minimum atomic E-state index is 0.917. The standard InChI is InChI=1S/C13H19NS/c1-11-5-4-6-13(7-11)10-15-9-12(2)8-14-3/h4-7,14H,2,8-10H2,1,3H3. The van der Waals surface area contributed by atoms with Crippen LogP contribution in [0.4, 0.5) is 0 Å². The molecule has 0 atom stereocenters. The Bertz CT molecular complexity index is 320. The highest BCUT2D eigenvalue weighted by Gasteiger charge is 1.96. The molecule has 1 rings (SSSR count). The first-order valence-electron chi connectivity index (χ1n) is 5.17. The number of benzene rings is 1. The number of likely N-dealkylation sites (N-methyl/N-ethyl adjacent to an activating group) is 1. The third kappa shape index (κ3) is 5.05. The highest BCUT2D eigenvalue weighted by atomic mass is 32.2. The van der Waals surface area contributed by atoms with Crippen LogP contribution >= 0.6 is 11.8 Å². The Labute approximate surface area is 97.0 Å². The van der Waals surface area contributed by atoms with Crippen molar-refractivity contribution >= 4 is 11.8 Å². The Morgan fingerprint density at radius 2 is 2.27 bits per heavy atom. The van der Waals surface area contributed by atoms with Gasteiger partial charge in [0.05, 0.1) is 0 Å². The average molecular weight is 221 g/mol. The number of thioether (sulfide) groups is 1. The van der Waals surface area contributed by atoms with Gasteiger partial charge in [0.25, 0.3) is 0 Å². The summed E-state index contributed by atoms with van der Waals surface area (Å²) in [6.07, 6.45) is 0. The van der Waals surface area contributed by atoms with Crippen molar-refractivity contribution in [1.29, 1.82) is 0 Å². The van der Waals surface area contributed by atoms with E-state index in [9.17, 15) is 0 Å². The second-order valence-electron chi connectivity index (χ2n) is 3.76. The minimum Gasteiger partial charge on any atom is -0.316 e. The molecule has 1 aromatic rings. The van der Waals surface area contributed by atoms with Crippen LogP contribution in [0.25, 0.3) is 0 Å². The van der Waals surface area contributed by atoms with Gasteiger partial charge in [0.15, 0.2) is 0 Å². The summed E-state index contributed by atoms with van der Waals surface area (Å²) < 4.78 is 0. The first-order chi connectivity index (χ1) is 7.22. The van der Waals surface area contributed by atoms with Gasteiger partial charge in [-0.3, -0.25) is 0 Å². The fraction of sp³-hybridized carbons (Fsp3) is 0.385. The van der Waals surface area contributed by atoms with Gasteiger partial charge in [0.2, 0.25) is 0 Å². The summed E-state index contributed by atoms with van der Waals surface area (Å²) in [4.78, 5) is 0. The van der Waals surface area contributed by atoms with Crippen molar-refractivity contribution in [1.82, 2.24) is 5.32 Å². The predicted octanol–water partition coefficient (Wildman–Crippen LogP) is 3.00. The van der Waals surface area contributed by atoms with Crippen LogP contribution in [-0.2, 0) is 5.75 Å². The number of hydrogen-bond acceptors (Lipinski definition) is 2. The number of rotatable bonds is 6. The molecule has 0 fully saturated rings. The minimum absolute atomic E-state index is 0.917. The van der Waals surface area contributed by atoms with Crippen LogP contribution in [0.2, 0.25) is 0 Å². The van der Waals surface area contributed by atoms with Crippen LogP contribution in [0.1, 0.15) is 11.1 Å². The first-order valence-corrected chi connectivity index (χ1v) is 6.32. The third-order valence-corrected chi connectivity index (χ3v) is 3.23. The van der Waals surface area contributed by atoms with E-state index >= 15 is 0 Å². The fourth-order valence-electron chi connectivity index (χ4n) is 1.42. The summed E-state index contributed by atoms with van der Waals surface area (Å²) in [7, 11) is 1.95. The zero-order valence-corrected chi connectivity index (χ0v) is 10.4. The molecule has 82 valence electrons. The van der Waals surface area contributed by atoms with Gasteiger partial charge in [-0.25, -0.2) is 0 Å². The van der Waals surface area contributed by atoms with Gasteiger partial charge in [-0.2, -0.15) is 11.8 Å². The van der Waals surface area contributed by atoms with Crippen molar-refractivity contribution in [3.8, 4) is 0 Å². The highest BCUT2D eigenvalue weighted by molar-refractivity contribution is 7.98. The monoisotopic (exact) mass is 221 g/mol. The maximum atomic E-state index is 4.01. The maximum absolute atomic E-state index is 4.01. The van der Waals surface area contributed by atoms with Crippen molar-refractivity contribution in [3.63, 3.8) is 0 Å². The fourth-order valence-corrected chi connectivity index (χ4v) is 2.32. The molecule has 0 bridgehead atoms. The number of hydrogen-bond donors (Lipinski definition) is 1. The Morgan fingerprint density at radius 1 is 1.47 bits per heavy atom. The number of aryl methyl sites for hydroxylation is 1. The van der Waals surface area contributed by atoms with Crippen LogP contribution in [0.3, 0.4) is 0 Å². The third-order valence-electron chi connectivity index (χ3n) is 2.08. The Kier molecular flexibility index (Phi) is 5.51. The van der Waals surface area contributed by atoms with Crippen LogP contribution in [0.5, 0.6) is 0 Å². The van der Waals surface area contributed by atoms with Gasteiger partial charge >= 0.3 is 0 Å². The van der Waals surface area contributed by atoms with Crippen molar-refractivity contribution < 1.29 is 0 Å². The molecular weight excluding hydrogens is 202 g/mol. The van der Waals surface area contributed by atoms with Gasteiger partial charge < -0.3 is 5.32 Å². The van der Waals surface area contributed by atoms with Gasteiger partial charge in [0, 0.05) is 18.1 Å². The molecule has 0 aromatic heterocycles. The van der Waals surface area contributed by atoms with E-state index in [1.807, 2.05) is 18.8 Å². The molecule has 0 aliphatic rings. The van der Waals surface area contributed by atoms with Crippen LogP contribution in [-0.4, -0.2) is 19.3 Å². The SMILES string of the molecule is C=C(CNC)CSCc1cccc(C)c1. The summed E-state index contributed by atoms with van der Waals surface area (Å²) in [6, 6.07) is 8.68. The predicted molar refractivity (Wildman–Crippen MR) is 70.4 cm³/mol. The molecule has 0 heterocycles. The molecule has 1 N–H and O–H groups in total. The van der Waals surface area contributed by atoms with Crippen molar-refractivity contribution in [2.45, 2.75) is 12.7 Å². The van der Waals surface area contributed by atoms with Gasteiger partial charge in [0.1, 0.15) is 0 Å². The summed E-state index contributed by atoms with van der Waals surface area (Å²) in [5.74, 6) is 2.11. The molecule has 0 saturated carbocycles. The lowest BCUT2D eigenvalue weighted by Gasteiger charge is -2.05. The van der Waals surface area contributed by atoms with E-state index < -0.39 is 0 Å². The largest absolute Gasteiger partial charge is 0.316 e. The zero-order chi connectivity index (χ0) is 11.1. The summed E-state index contributed by atoms with van der Waals surface area (Å²) in [6.45, 7) is 7.06. The quantitative estimate of drug-likeness (QED) is 0.741. The Balaban J connectivity index is 2.28. The number of nitrogens with one attached hydrogen (secondary N) is 1. The molecule has 0 amide bonds. The van der Waals surface area contributed by atoms with Crippen molar-refractivity contribution in [2.75, 3.05) is 19.3 Å². The van der Waals surface area contributed by atoms with Gasteiger partial charge in [-0.05, 0) is 19.5 Å². The van der Waals surface area contributed by atoms with E-state index in [-0.39, 0.29) is 0 Å². The normalized spacial score (nSPS) is 10.3. The highest BCUT2D eigenvalue weighted by Crippen LogP contribution is 2.15. The van der Waals surface area contributed by atoms with Crippen LogP contribution in [0.15, 0.2) is 36.4 Å². The van der Waals surface area contributed by atoms with E-state index in [0.29, 0.717) is 0 Å². The second kappa shape index (κ2) is 6.70. The van der Waals surface area contributed by atoms with Gasteiger partial charge in [-0.15, -0.1) is 0 Å². The molecule has 0 spiro atoms. The summed E-state index contributed by atoms with van der Waals surface area (Å²) in [5, 5.41) is 3.11. The van der Waals surface area contributed by atoms with E-state index in [1.165, 1.54) is 16.7 Å². The van der Waals surface area contributed by atoms with E-state index in [2.05, 4.69) is 43.1 Å². The smallest absolute Gasteiger partial charge is 0.0187 e. The zero-order valence-electron chi connectivity index (χ0n) is 9.55. The topological polar surface area (TPSA) is 12.0 Å². The summed E-state index contributed by atoms with van der Waals surface area (Å²) >= 11 is 1.92. The molecule has 0 unspecified atom stereocenters. The molecule has 0 aliphatic carbocycles. The van der Waals surface area contributed by atoms with E-state index in [1.54, 1.807) is 0 Å². The Hall–Kier alpha value is -0.730. The van der Waals surface area contributed by atoms with E-state index in [4.69, 9.17) is 0 Å². The lowest BCUT2D eigenvalue weighted by Crippen LogP contribution is -2.10. The first kappa shape index (κ1) is 12.3. The second-order valence-corrected chi connectivity index (χ2v) is 4.75. The molecule has 1 nitrogen and oxygen atoms in total. The molecule has 2 heteroatoms. The molecule has 0 aliphatic heterocycles. The van der Waals surface area contributed by atoms with Crippen molar-refractivity contribution in [2.24, 2.45) is 0 Å². The lowest BCUT2D eigenvalue weighted by atomic mass is 10.2. The van der Waals surface area contributed by atoms with Crippen molar-refractivity contribution in [3.05, 3.63) is 47.5 Å². The molecular formula is C13H19NS. The molecule has 0 radical (unpaired) electrons. The average Bonchev–Trinajstić information content (AvgIpc) is 2.18. The van der Waals surface area contributed by atoms with Crippen LogP contribution in [0, 0.1) is 6.92 Å². The van der Waals surface area contributed by atoms with E-state index in [0.717, 1.165) is 18.1 Å². The molecule has 1 aromatic carbocycles. The van der Waals surface area contributed by atoms with Gasteiger partial charge in [-0.1, -0.05) is 42.0 Å². The summed E-state index contributed by atoms with van der Waals surface area (Å²) in [5.41, 5.74) is 3.99. The lowest BCUT2D eigenvalue weighted by molar-refractivity contribution is 0.885. The molecule has 0 saturated heterocycles. The maximum Gasteiger partial charge on any atom is 0.0187 e.